The Hall–Kier alpha value is -5.40. The van der Waals surface area contributed by atoms with Crippen molar-refractivity contribution in [2.24, 2.45) is 16.0 Å². The third kappa shape index (κ3) is 10.1. The third-order valence-corrected chi connectivity index (χ3v) is 11.2. The first-order valence-electron chi connectivity index (χ1n) is 14.7. The maximum Gasteiger partial charge on any atom is 0.397 e. The maximum atomic E-state index is 12.9. The van der Waals surface area contributed by atoms with E-state index in [-0.39, 0.29) is 17.8 Å². The van der Waals surface area contributed by atoms with Crippen LogP contribution in [0.5, 0.6) is 11.6 Å². The number of rotatable bonds is 15. The number of aromatic nitrogens is 4. The Labute approximate surface area is 320 Å². The lowest BCUT2D eigenvalue weighted by Gasteiger charge is -2.14. The molecule has 2 aromatic heterocycles. The molecule has 25 nitrogen and oxygen atoms in total. The van der Waals surface area contributed by atoms with Crippen molar-refractivity contribution < 1.29 is 66.5 Å². The molecule has 0 spiro atoms. The standard InChI is InChI=1S/C26H26ClN9O16S4/c1-3-36-22(39)18(21(28)38)11(2)19(23(36)40)35-34-14-8-12(4-5-16(14)54(43,44)45)29-25-31-24(27)32-26(33-25)30-15-9-13(10-17(20(15)37)55(46,47)48)53(41,42)7-6-52-56(49,50)51/h4-5,8-10,37,40H,3,6-7H2,1-2H3,(H2,28,38)(H,43,44,45)(H,46,47,48)(H,49,50,51)(H2,29,30,31,32,33)/b35-34+. The first kappa shape index (κ1) is 43.3. The number of anilines is 4. The van der Waals surface area contributed by atoms with Crippen molar-refractivity contribution >= 4 is 92.6 Å². The van der Waals surface area contributed by atoms with Gasteiger partial charge in [0, 0.05) is 17.8 Å². The van der Waals surface area contributed by atoms with E-state index in [1.807, 2.05) is 0 Å². The minimum absolute atomic E-state index is 0.103. The van der Waals surface area contributed by atoms with Gasteiger partial charge in [0.05, 0.1) is 22.9 Å². The molecule has 0 aliphatic rings. The van der Waals surface area contributed by atoms with Crippen molar-refractivity contribution in [2.75, 3.05) is 23.0 Å². The molecule has 0 saturated carbocycles. The van der Waals surface area contributed by atoms with E-state index in [1.165, 1.54) is 13.8 Å². The number of aromatic hydroxyl groups is 2. The number of pyridine rings is 1. The number of carbonyl (C=O) groups is 1. The number of nitrogens with zero attached hydrogens (tertiary/aromatic N) is 6. The molecule has 30 heteroatoms. The summed E-state index contributed by atoms with van der Waals surface area (Å²) >= 11 is 6.01. The molecule has 4 aromatic rings. The number of phenols is 1. The Bertz CT molecular complexity index is 2820. The molecule has 1 amide bonds. The number of primary amides is 1. The average Bonchev–Trinajstić information content (AvgIpc) is 3.03. The predicted molar refractivity (Wildman–Crippen MR) is 191 cm³/mol. The number of nitrogens with one attached hydrogen (secondary N) is 2. The van der Waals surface area contributed by atoms with Crippen LogP contribution in [0.15, 0.2) is 60.0 Å². The van der Waals surface area contributed by atoms with E-state index in [0.29, 0.717) is 12.1 Å². The van der Waals surface area contributed by atoms with Gasteiger partial charge in [0.25, 0.3) is 31.7 Å². The van der Waals surface area contributed by atoms with Crippen LogP contribution in [0.1, 0.15) is 22.8 Å². The zero-order chi connectivity index (χ0) is 42.1. The quantitative estimate of drug-likeness (QED) is 0.0476. The average molecular weight is 884 g/mol. The highest BCUT2D eigenvalue weighted by Gasteiger charge is 2.27. The maximum absolute atomic E-state index is 12.9. The van der Waals surface area contributed by atoms with E-state index < -0.39 is 130 Å². The van der Waals surface area contributed by atoms with Crippen LogP contribution in [0.25, 0.3) is 0 Å². The summed E-state index contributed by atoms with van der Waals surface area (Å²) in [4.78, 5) is 33.1. The molecule has 0 saturated heterocycles. The molecule has 2 heterocycles. The minimum Gasteiger partial charge on any atom is -0.504 e. The van der Waals surface area contributed by atoms with Crippen molar-refractivity contribution in [1.82, 2.24) is 19.5 Å². The van der Waals surface area contributed by atoms with Crippen LogP contribution in [0, 0.1) is 6.92 Å². The number of halogens is 1. The zero-order valence-electron chi connectivity index (χ0n) is 28.0. The van der Waals surface area contributed by atoms with Gasteiger partial charge in [-0.2, -0.15) is 40.2 Å². The van der Waals surface area contributed by atoms with E-state index in [2.05, 4.69) is 40.0 Å². The van der Waals surface area contributed by atoms with Crippen molar-refractivity contribution in [3.63, 3.8) is 0 Å². The van der Waals surface area contributed by atoms with Crippen LogP contribution in [-0.2, 0) is 51.2 Å². The molecule has 0 unspecified atom stereocenters. The second-order valence-corrected chi connectivity index (χ2v) is 17.1. The number of amides is 1. The SMILES string of the molecule is CCn1c(O)c(/N=N/c2cc(Nc3nc(Cl)nc(Nc4cc(S(=O)(=O)CCOS(=O)(=O)O)cc(S(=O)(=O)O)c4O)n3)ccc2S(=O)(=O)O)c(C)c(C(N)=O)c1=O. The summed E-state index contributed by atoms with van der Waals surface area (Å²) in [5.41, 5.74) is 1.73. The lowest BCUT2D eigenvalue weighted by molar-refractivity contribution is 0.0997. The van der Waals surface area contributed by atoms with Crippen molar-refractivity contribution in [3.05, 3.63) is 57.1 Å². The van der Waals surface area contributed by atoms with Crippen molar-refractivity contribution in [1.29, 1.82) is 0 Å². The van der Waals surface area contributed by atoms with Gasteiger partial charge < -0.3 is 26.6 Å². The lowest BCUT2D eigenvalue weighted by Crippen LogP contribution is -2.30. The molecule has 2 aromatic carbocycles. The second-order valence-electron chi connectivity index (χ2n) is 10.8. The molecule has 0 fully saturated rings. The molecular formula is C26H26ClN9O16S4. The van der Waals surface area contributed by atoms with E-state index in [4.69, 9.17) is 21.9 Å². The number of phenolic OH excluding ortho intramolecular Hbond substituents is 1. The van der Waals surface area contributed by atoms with Crippen LogP contribution >= 0.6 is 11.6 Å². The fourth-order valence-electron chi connectivity index (χ4n) is 4.64. The van der Waals surface area contributed by atoms with Gasteiger partial charge in [-0.05, 0) is 55.8 Å². The summed E-state index contributed by atoms with van der Waals surface area (Å²) in [7, 11) is -20.0. The first-order valence-corrected chi connectivity index (χ1v) is 20.9. The zero-order valence-corrected chi connectivity index (χ0v) is 32.0. The van der Waals surface area contributed by atoms with Crippen LogP contribution in [0.3, 0.4) is 0 Å². The van der Waals surface area contributed by atoms with Gasteiger partial charge in [0.15, 0.2) is 15.6 Å². The van der Waals surface area contributed by atoms with Gasteiger partial charge in [-0.1, -0.05) is 0 Å². The highest BCUT2D eigenvalue weighted by atomic mass is 35.5. The summed E-state index contributed by atoms with van der Waals surface area (Å²) < 4.78 is 129. The molecular weight excluding hydrogens is 858 g/mol. The van der Waals surface area contributed by atoms with Gasteiger partial charge in [0.2, 0.25) is 23.1 Å². The summed E-state index contributed by atoms with van der Waals surface area (Å²) in [5.74, 6) is -5.39. The van der Waals surface area contributed by atoms with Gasteiger partial charge in [-0.25, -0.2) is 12.6 Å². The number of hydrogen-bond acceptors (Lipinski definition) is 20. The molecule has 56 heavy (non-hydrogen) atoms. The normalized spacial score (nSPS) is 12.5. The largest absolute Gasteiger partial charge is 0.504 e. The number of nitrogens with two attached hydrogens (primary N) is 1. The molecule has 0 aliphatic heterocycles. The van der Waals surface area contributed by atoms with Crippen molar-refractivity contribution in [3.8, 4) is 11.6 Å². The summed E-state index contributed by atoms with van der Waals surface area (Å²) in [5, 5.41) is 33.2. The topological polar surface area (TPSA) is 399 Å². The Morgan fingerprint density at radius 2 is 1.52 bits per heavy atom. The van der Waals surface area contributed by atoms with Crippen LogP contribution in [-0.4, -0.2) is 95.3 Å². The highest BCUT2D eigenvalue weighted by Crippen LogP contribution is 2.37. The summed E-state index contributed by atoms with van der Waals surface area (Å²) in [6.45, 7) is 1.41. The summed E-state index contributed by atoms with van der Waals surface area (Å²) in [6.07, 6.45) is 0. The Kier molecular flexibility index (Phi) is 12.4. The smallest absolute Gasteiger partial charge is 0.397 e. The lowest BCUT2D eigenvalue weighted by atomic mass is 10.1. The Morgan fingerprint density at radius 3 is 2.07 bits per heavy atom. The Morgan fingerprint density at radius 1 is 0.911 bits per heavy atom. The molecule has 9 N–H and O–H groups in total. The van der Waals surface area contributed by atoms with E-state index in [0.717, 1.165) is 22.8 Å². The van der Waals surface area contributed by atoms with Gasteiger partial charge >= 0.3 is 10.4 Å². The fourth-order valence-corrected chi connectivity index (χ4v) is 7.64. The molecule has 302 valence electrons. The van der Waals surface area contributed by atoms with Crippen LogP contribution in [0.4, 0.5) is 34.6 Å². The monoisotopic (exact) mass is 883 g/mol. The molecule has 0 bridgehead atoms. The summed E-state index contributed by atoms with van der Waals surface area (Å²) in [6, 6.07) is 3.88. The number of sulfone groups is 1. The van der Waals surface area contributed by atoms with Gasteiger partial charge in [0.1, 0.15) is 26.7 Å². The number of benzene rings is 2. The van der Waals surface area contributed by atoms with Gasteiger partial charge in [-0.15, -0.1) is 10.2 Å². The highest BCUT2D eigenvalue weighted by molar-refractivity contribution is 7.91. The van der Waals surface area contributed by atoms with Gasteiger partial charge in [-0.3, -0.25) is 27.8 Å². The van der Waals surface area contributed by atoms with E-state index in [9.17, 15) is 62.6 Å². The fraction of sp³-hybridized carbons (Fsp3) is 0.192. The molecule has 0 radical (unpaired) electrons. The van der Waals surface area contributed by atoms with E-state index >= 15 is 0 Å². The van der Waals surface area contributed by atoms with Crippen LogP contribution in [0.2, 0.25) is 5.28 Å². The van der Waals surface area contributed by atoms with Crippen molar-refractivity contribution in [2.45, 2.75) is 35.1 Å². The van der Waals surface area contributed by atoms with Crippen LogP contribution < -0.4 is 21.9 Å². The minimum atomic E-state index is -5.33. The second kappa shape index (κ2) is 16.0. The molecule has 0 atom stereocenters. The molecule has 0 aliphatic carbocycles. The predicted octanol–water partition coefficient (Wildman–Crippen LogP) is 1.51. The first-order chi connectivity index (χ1) is 25.7. The third-order valence-electron chi connectivity index (χ3n) is 7.09. The number of carbonyl (C=O) groups excluding carboxylic acids is 1. The molecule has 4 rings (SSSR count). The van der Waals surface area contributed by atoms with E-state index in [1.54, 1.807) is 0 Å². The Balaban J connectivity index is 1.76. The number of azo groups is 1. The number of hydrogen-bond donors (Lipinski definition) is 8.